The molecule has 0 bridgehead atoms. The summed E-state index contributed by atoms with van der Waals surface area (Å²) >= 11 is 4.44. The number of piperidine rings is 1. The maximum atomic E-state index is 13.3. The Labute approximate surface area is 334 Å². The molecule has 12 nitrogen and oxygen atoms in total. The Bertz CT molecular complexity index is 2150. The number of anilines is 1. The second-order valence-electron chi connectivity index (χ2n) is 14.5. The molecule has 0 aliphatic carbocycles. The summed E-state index contributed by atoms with van der Waals surface area (Å²) in [5.74, 6) is 1.72. The minimum absolute atomic E-state index is 0.0103. The van der Waals surface area contributed by atoms with Gasteiger partial charge in [-0.2, -0.15) is 14.9 Å². The van der Waals surface area contributed by atoms with E-state index in [4.69, 9.17) is 4.42 Å². The van der Waals surface area contributed by atoms with E-state index in [9.17, 15) is 14.9 Å². The van der Waals surface area contributed by atoms with Gasteiger partial charge in [0.25, 0.3) is 0 Å². The van der Waals surface area contributed by atoms with Crippen molar-refractivity contribution in [1.82, 2.24) is 29.6 Å². The highest BCUT2D eigenvalue weighted by atomic mass is 32.2. The van der Waals surface area contributed by atoms with Crippen molar-refractivity contribution in [3.05, 3.63) is 88.4 Å². The van der Waals surface area contributed by atoms with Crippen LogP contribution in [0.1, 0.15) is 81.6 Å². The normalized spacial score (nSPS) is 14.8. The largest absolute Gasteiger partial charge is 0.444 e. The number of hydrogen-bond donors (Lipinski definition) is 1. The van der Waals surface area contributed by atoms with E-state index in [1.54, 1.807) is 35.7 Å². The lowest BCUT2D eigenvalue weighted by Gasteiger charge is -2.30. The number of carbonyl (C=O) groups is 2. The van der Waals surface area contributed by atoms with Crippen LogP contribution in [0.15, 0.2) is 74.8 Å². The fourth-order valence-corrected chi connectivity index (χ4v) is 8.58. The van der Waals surface area contributed by atoms with Crippen LogP contribution in [0, 0.1) is 17.2 Å². The van der Waals surface area contributed by atoms with Crippen LogP contribution in [0.2, 0.25) is 0 Å². The quantitative estimate of drug-likeness (QED) is 0.0363. The highest BCUT2D eigenvalue weighted by Crippen LogP contribution is 2.33. The average Bonchev–Trinajstić information content (AvgIpc) is 4.03. The molecule has 5 heterocycles. The number of thioether (sulfide) groups is 1. The maximum absolute atomic E-state index is 13.3. The molecule has 4 aromatic heterocycles. The van der Waals surface area contributed by atoms with E-state index in [0.29, 0.717) is 28.2 Å². The molecule has 1 fully saturated rings. The van der Waals surface area contributed by atoms with Gasteiger partial charge in [-0.3, -0.25) is 9.48 Å². The third-order valence-corrected chi connectivity index (χ3v) is 12.3. The zero-order valence-electron chi connectivity index (χ0n) is 31.6. The first-order chi connectivity index (χ1) is 26.5. The van der Waals surface area contributed by atoms with Gasteiger partial charge in [-0.25, -0.2) is 19.7 Å². The minimum atomic E-state index is -0.427. The predicted octanol–water partition coefficient (Wildman–Crippen LogP) is 8.08. The lowest BCUT2D eigenvalue weighted by Crippen LogP contribution is -2.39. The first-order valence-corrected chi connectivity index (χ1v) is 21.0. The fraction of sp³-hybridized carbons (Fsp3) is 0.400. The molecule has 0 radical (unpaired) electrons. The molecule has 2 amide bonds. The molecule has 1 aromatic carbocycles. The molecular weight excluding hydrogens is 751 g/mol. The van der Waals surface area contributed by atoms with Gasteiger partial charge in [0, 0.05) is 59.3 Å². The number of thiazole rings is 2. The summed E-state index contributed by atoms with van der Waals surface area (Å²) < 4.78 is 10.3. The molecule has 1 aliphatic heterocycles. The second kappa shape index (κ2) is 18.3. The number of hydrogen-bond acceptors (Lipinski definition) is 12. The first kappa shape index (κ1) is 39.9. The van der Waals surface area contributed by atoms with E-state index in [1.807, 2.05) is 47.4 Å². The number of nitrogens with one attached hydrogen (secondary N) is 1. The zero-order chi connectivity index (χ0) is 39.0. The van der Waals surface area contributed by atoms with Crippen molar-refractivity contribution in [2.75, 3.05) is 25.0 Å². The molecule has 15 heteroatoms. The van der Waals surface area contributed by atoms with Gasteiger partial charge in [0.15, 0.2) is 16.7 Å². The van der Waals surface area contributed by atoms with Gasteiger partial charge in [0.2, 0.25) is 11.8 Å². The highest BCUT2D eigenvalue weighted by molar-refractivity contribution is 8.00. The van der Waals surface area contributed by atoms with Crippen LogP contribution in [0.4, 0.5) is 5.13 Å². The summed E-state index contributed by atoms with van der Waals surface area (Å²) in [6, 6.07) is 9.86. The summed E-state index contributed by atoms with van der Waals surface area (Å²) in [5, 5.41) is 20.4. The van der Waals surface area contributed by atoms with Crippen molar-refractivity contribution in [1.29, 1.82) is 5.26 Å². The van der Waals surface area contributed by atoms with Crippen LogP contribution >= 0.6 is 34.4 Å². The highest BCUT2D eigenvalue weighted by Gasteiger charge is 2.31. The minimum Gasteiger partial charge on any atom is -0.444 e. The predicted molar refractivity (Wildman–Crippen MR) is 218 cm³/mol. The van der Waals surface area contributed by atoms with E-state index in [0.717, 1.165) is 72.1 Å². The van der Waals surface area contributed by atoms with Crippen molar-refractivity contribution in [3.8, 4) is 17.2 Å². The number of nitrogens with zero attached hydrogens (tertiary/aromatic N) is 8. The van der Waals surface area contributed by atoms with Gasteiger partial charge in [0.05, 0.1) is 35.1 Å². The van der Waals surface area contributed by atoms with E-state index < -0.39 is 5.91 Å². The summed E-state index contributed by atoms with van der Waals surface area (Å²) in [4.78, 5) is 41.7. The smallest absolute Gasteiger partial charge is 0.430 e. The Kier molecular flexibility index (Phi) is 13.3. The molecule has 1 aliphatic rings. The fourth-order valence-electron chi connectivity index (χ4n) is 6.29. The molecule has 1 N–H and O–H groups in total. The van der Waals surface area contributed by atoms with Crippen LogP contribution in [0.3, 0.4) is 0 Å². The molecular formula is C40H46N9O3S3+. The average molecular weight is 797 g/mol. The molecule has 1 atom stereocenters. The molecule has 1 saturated heterocycles. The van der Waals surface area contributed by atoms with Gasteiger partial charge in [-0.1, -0.05) is 63.3 Å². The Morgan fingerprint density at radius 2 is 1.91 bits per heavy atom. The van der Waals surface area contributed by atoms with Gasteiger partial charge in [-0.15, -0.1) is 23.1 Å². The Morgan fingerprint density at radius 3 is 2.58 bits per heavy atom. The van der Waals surface area contributed by atoms with Crippen LogP contribution in [0.5, 0.6) is 0 Å². The standard InChI is InChI=1S/C40H45N9O3S3/c1-6-7-32(47(5)38(51)30(21-41)20-35-42-14-19-53-35)28-10-8-27(9-11-28)31-22-45-49(25-31)18-17-48-15-12-29(13-16-48)37(50)46-39-44-24-36(55-39)54-26-34-43-23-33(52-34)40(2,3)4/h8-11,14,19-20,22-25,29,32H,5-7,12-13,15-18,26H2,1-4H3/p+1/b30-20+. The number of rotatable bonds is 15. The second-order valence-corrected chi connectivity index (χ2v) is 17.7. The SMILES string of the molecule is C=[N+](C(=O)/C(C#N)=C/c1nccs1)C(CCC)c1ccc(-c2cnn(CCN3CCC(C(=O)Nc4ncc(SCc5ncc(C(C)(C)C)o5)s4)CC3)c2)cc1. The Balaban J connectivity index is 0.948. The number of benzene rings is 1. The number of amides is 2. The number of oxazole rings is 1. The summed E-state index contributed by atoms with van der Waals surface area (Å²) in [7, 11) is 0. The van der Waals surface area contributed by atoms with E-state index in [-0.39, 0.29) is 28.9 Å². The van der Waals surface area contributed by atoms with E-state index in [2.05, 4.69) is 64.7 Å². The van der Waals surface area contributed by atoms with Crippen LogP contribution in [0.25, 0.3) is 17.2 Å². The van der Waals surface area contributed by atoms with Crippen LogP contribution < -0.4 is 5.32 Å². The Morgan fingerprint density at radius 1 is 1.13 bits per heavy atom. The first-order valence-electron chi connectivity index (χ1n) is 18.4. The van der Waals surface area contributed by atoms with E-state index in [1.165, 1.54) is 33.3 Å². The van der Waals surface area contributed by atoms with Crippen molar-refractivity contribution in [2.45, 2.75) is 81.3 Å². The van der Waals surface area contributed by atoms with Crippen molar-refractivity contribution in [2.24, 2.45) is 5.92 Å². The van der Waals surface area contributed by atoms with Gasteiger partial charge >= 0.3 is 5.91 Å². The van der Waals surface area contributed by atoms with Crippen LogP contribution in [-0.2, 0) is 27.3 Å². The third-order valence-electron chi connectivity index (χ3n) is 9.48. The summed E-state index contributed by atoms with van der Waals surface area (Å²) in [6.07, 6.45) is 13.8. The van der Waals surface area contributed by atoms with Gasteiger partial charge in [0.1, 0.15) is 23.6 Å². The molecule has 5 aromatic rings. The molecule has 286 valence electrons. The van der Waals surface area contributed by atoms with Gasteiger partial charge < -0.3 is 14.6 Å². The molecule has 0 spiro atoms. The maximum Gasteiger partial charge on any atom is 0.430 e. The number of carbonyl (C=O) groups excluding carboxylic acids is 2. The zero-order valence-corrected chi connectivity index (χ0v) is 34.1. The van der Waals surface area contributed by atoms with Crippen LogP contribution in [-0.4, -0.2) is 72.4 Å². The summed E-state index contributed by atoms with van der Waals surface area (Å²) in [5.41, 5.74) is 2.91. The number of aromatic nitrogens is 5. The topological polar surface area (TPSA) is 146 Å². The number of likely N-dealkylation sites (tertiary alicyclic amines) is 1. The number of nitriles is 1. The molecule has 0 saturated carbocycles. The molecule has 1 unspecified atom stereocenters. The molecule has 6 rings (SSSR count). The monoisotopic (exact) mass is 796 g/mol. The lowest BCUT2D eigenvalue weighted by atomic mass is 9.94. The van der Waals surface area contributed by atoms with Crippen molar-refractivity contribution < 1.29 is 18.6 Å². The van der Waals surface area contributed by atoms with Crippen molar-refractivity contribution >= 4 is 64.2 Å². The Hall–Kier alpha value is -4.75. The van der Waals surface area contributed by atoms with Gasteiger partial charge in [-0.05, 0) is 37.9 Å². The summed E-state index contributed by atoms with van der Waals surface area (Å²) in [6.45, 7) is 15.7. The molecule has 55 heavy (non-hydrogen) atoms. The lowest BCUT2D eigenvalue weighted by molar-refractivity contribution is -0.484. The third kappa shape index (κ3) is 10.5. The van der Waals surface area contributed by atoms with Crippen molar-refractivity contribution in [3.63, 3.8) is 0 Å². The van der Waals surface area contributed by atoms with E-state index >= 15 is 0 Å².